The molecule has 1 fully saturated rings. The maximum absolute atomic E-state index is 11.9. The molecule has 0 aliphatic carbocycles. The van der Waals surface area contributed by atoms with Crippen LogP contribution in [0.5, 0.6) is 0 Å². The Labute approximate surface area is 106 Å². The number of piperidine rings is 1. The highest BCUT2D eigenvalue weighted by Gasteiger charge is 2.24. The van der Waals surface area contributed by atoms with Crippen LogP contribution in [0, 0.1) is 12.8 Å². The van der Waals surface area contributed by atoms with Crippen LogP contribution in [-0.2, 0) is 16.1 Å². The summed E-state index contributed by atoms with van der Waals surface area (Å²) >= 11 is 0. The van der Waals surface area contributed by atoms with Crippen LogP contribution in [0.1, 0.15) is 24.1 Å². The van der Waals surface area contributed by atoms with E-state index in [1.165, 1.54) is 0 Å². The Bertz CT molecular complexity index is 449. The van der Waals surface area contributed by atoms with E-state index in [-0.39, 0.29) is 17.7 Å². The Morgan fingerprint density at radius 2 is 2.44 bits per heavy atom. The van der Waals surface area contributed by atoms with Crippen molar-refractivity contribution >= 4 is 11.8 Å². The van der Waals surface area contributed by atoms with Crippen molar-refractivity contribution < 1.29 is 9.59 Å². The van der Waals surface area contributed by atoms with Crippen molar-refractivity contribution in [2.75, 3.05) is 6.54 Å². The lowest BCUT2D eigenvalue weighted by Gasteiger charge is -2.21. The predicted octanol–water partition coefficient (Wildman–Crippen LogP) is 0.532. The first-order valence-electron chi connectivity index (χ1n) is 6.11. The van der Waals surface area contributed by atoms with E-state index in [1.807, 2.05) is 19.1 Å². The molecule has 2 rings (SSSR count). The number of amides is 2. The molecule has 1 saturated heterocycles. The van der Waals surface area contributed by atoms with Crippen LogP contribution in [-0.4, -0.2) is 23.3 Å². The van der Waals surface area contributed by atoms with Crippen LogP contribution >= 0.6 is 0 Å². The van der Waals surface area contributed by atoms with Gasteiger partial charge in [0.15, 0.2) is 0 Å². The summed E-state index contributed by atoms with van der Waals surface area (Å²) < 4.78 is 0. The Morgan fingerprint density at radius 3 is 3.11 bits per heavy atom. The SMILES string of the molecule is Cc1cccnc1CNC(=O)C1CCC(=O)NC1. The van der Waals surface area contributed by atoms with E-state index < -0.39 is 0 Å². The smallest absolute Gasteiger partial charge is 0.225 e. The third-order valence-corrected chi connectivity index (χ3v) is 3.18. The largest absolute Gasteiger partial charge is 0.355 e. The maximum atomic E-state index is 11.9. The summed E-state index contributed by atoms with van der Waals surface area (Å²) in [4.78, 5) is 27.1. The third kappa shape index (κ3) is 3.06. The fourth-order valence-electron chi connectivity index (χ4n) is 1.98. The van der Waals surface area contributed by atoms with Crippen molar-refractivity contribution in [1.29, 1.82) is 0 Å². The monoisotopic (exact) mass is 247 g/mol. The molecule has 0 spiro atoms. The first-order valence-corrected chi connectivity index (χ1v) is 6.11. The molecule has 1 atom stereocenters. The standard InChI is InChI=1S/C13H17N3O2/c1-9-3-2-6-14-11(9)8-16-13(18)10-4-5-12(17)15-7-10/h2-3,6,10H,4-5,7-8H2,1H3,(H,15,17)(H,16,18). The summed E-state index contributed by atoms with van der Waals surface area (Å²) in [5, 5.41) is 5.58. The lowest BCUT2D eigenvalue weighted by Crippen LogP contribution is -2.42. The Hall–Kier alpha value is -1.91. The minimum absolute atomic E-state index is 0.0138. The van der Waals surface area contributed by atoms with Crippen molar-refractivity contribution in [3.63, 3.8) is 0 Å². The fraction of sp³-hybridized carbons (Fsp3) is 0.462. The number of nitrogens with zero attached hydrogens (tertiary/aromatic N) is 1. The van der Waals surface area contributed by atoms with Crippen LogP contribution in [0.25, 0.3) is 0 Å². The second-order valence-corrected chi connectivity index (χ2v) is 4.52. The number of carbonyl (C=O) groups excluding carboxylic acids is 2. The van der Waals surface area contributed by atoms with Gasteiger partial charge >= 0.3 is 0 Å². The molecule has 2 N–H and O–H groups in total. The number of aromatic nitrogens is 1. The van der Waals surface area contributed by atoms with Gasteiger partial charge in [0.2, 0.25) is 11.8 Å². The molecule has 1 aliphatic heterocycles. The topological polar surface area (TPSA) is 71.1 Å². The fourth-order valence-corrected chi connectivity index (χ4v) is 1.98. The minimum Gasteiger partial charge on any atom is -0.355 e. The average molecular weight is 247 g/mol. The van der Waals surface area contributed by atoms with Gasteiger partial charge in [0.1, 0.15) is 0 Å². The van der Waals surface area contributed by atoms with Crippen LogP contribution in [0.4, 0.5) is 0 Å². The highest BCUT2D eigenvalue weighted by atomic mass is 16.2. The number of pyridine rings is 1. The highest BCUT2D eigenvalue weighted by molar-refractivity contribution is 5.83. The van der Waals surface area contributed by atoms with Crippen molar-refractivity contribution in [3.8, 4) is 0 Å². The molecule has 5 nitrogen and oxygen atoms in total. The molecule has 2 amide bonds. The highest BCUT2D eigenvalue weighted by Crippen LogP contribution is 2.11. The van der Waals surface area contributed by atoms with Gasteiger partial charge in [-0.1, -0.05) is 6.07 Å². The zero-order chi connectivity index (χ0) is 13.0. The third-order valence-electron chi connectivity index (χ3n) is 3.18. The molecule has 1 aliphatic rings. The molecule has 1 aromatic rings. The van der Waals surface area contributed by atoms with Gasteiger partial charge in [0.25, 0.3) is 0 Å². The molecule has 18 heavy (non-hydrogen) atoms. The van der Waals surface area contributed by atoms with E-state index in [4.69, 9.17) is 0 Å². The first-order chi connectivity index (χ1) is 8.66. The number of rotatable bonds is 3. The zero-order valence-electron chi connectivity index (χ0n) is 10.4. The molecule has 1 unspecified atom stereocenters. The summed E-state index contributed by atoms with van der Waals surface area (Å²) in [6, 6.07) is 3.84. The lowest BCUT2D eigenvalue weighted by atomic mass is 9.98. The van der Waals surface area contributed by atoms with Gasteiger partial charge in [0.05, 0.1) is 18.2 Å². The number of hydrogen-bond donors (Lipinski definition) is 2. The normalized spacial score (nSPS) is 19.2. The van der Waals surface area contributed by atoms with Crippen LogP contribution in [0.3, 0.4) is 0 Å². The second kappa shape index (κ2) is 5.62. The minimum atomic E-state index is -0.119. The van der Waals surface area contributed by atoms with Crippen molar-refractivity contribution in [3.05, 3.63) is 29.6 Å². The van der Waals surface area contributed by atoms with E-state index >= 15 is 0 Å². The van der Waals surface area contributed by atoms with E-state index in [1.54, 1.807) is 6.20 Å². The predicted molar refractivity (Wildman–Crippen MR) is 66.6 cm³/mol. The van der Waals surface area contributed by atoms with Gasteiger partial charge in [-0.25, -0.2) is 0 Å². The van der Waals surface area contributed by atoms with Gasteiger partial charge in [-0.05, 0) is 25.0 Å². The number of aryl methyl sites for hydroxylation is 1. The Kier molecular flexibility index (Phi) is 3.92. The van der Waals surface area contributed by atoms with Gasteiger partial charge in [-0.3, -0.25) is 14.6 Å². The summed E-state index contributed by atoms with van der Waals surface area (Å²) in [6.45, 7) is 2.84. The van der Waals surface area contributed by atoms with Crippen LogP contribution in [0.15, 0.2) is 18.3 Å². The summed E-state index contributed by atoms with van der Waals surface area (Å²) in [7, 11) is 0. The Morgan fingerprint density at radius 1 is 1.61 bits per heavy atom. The van der Waals surface area contributed by atoms with Crippen molar-refractivity contribution in [1.82, 2.24) is 15.6 Å². The number of nitrogens with one attached hydrogen (secondary N) is 2. The molecule has 0 saturated carbocycles. The van der Waals surface area contributed by atoms with Gasteiger partial charge in [-0.15, -0.1) is 0 Å². The molecule has 2 heterocycles. The average Bonchev–Trinajstić information content (AvgIpc) is 2.38. The molecule has 0 radical (unpaired) electrons. The molecule has 1 aromatic heterocycles. The van der Waals surface area contributed by atoms with E-state index in [0.717, 1.165) is 11.3 Å². The molecule has 5 heteroatoms. The zero-order valence-corrected chi connectivity index (χ0v) is 10.4. The lowest BCUT2D eigenvalue weighted by molar-refractivity contribution is -0.129. The van der Waals surface area contributed by atoms with Gasteiger partial charge in [0, 0.05) is 19.2 Å². The summed E-state index contributed by atoms with van der Waals surface area (Å²) in [5.41, 5.74) is 1.94. The maximum Gasteiger partial charge on any atom is 0.225 e. The second-order valence-electron chi connectivity index (χ2n) is 4.52. The molecular weight excluding hydrogens is 230 g/mol. The van der Waals surface area contributed by atoms with Crippen LogP contribution in [0.2, 0.25) is 0 Å². The van der Waals surface area contributed by atoms with Crippen molar-refractivity contribution in [2.24, 2.45) is 5.92 Å². The summed E-state index contributed by atoms with van der Waals surface area (Å²) in [6.07, 6.45) is 2.77. The first kappa shape index (κ1) is 12.5. The van der Waals surface area contributed by atoms with E-state index in [0.29, 0.717) is 25.9 Å². The van der Waals surface area contributed by atoms with Gasteiger partial charge in [-0.2, -0.15) is 0 Å². The van der Waals surface area contributed by atoms with Crippen molar-refractivity contribution in [2.45, 2.75) is 26.3 Å². The Balaban J connectivity index is 1.85. The molecule has 96 valence electrons. The van der Waals surface area contributed by atoms with Crippen LogP contribution < -0.4 is 10.6 Å². The van der Waals surface area contributed by atoms with E-state index in [9.17, 15) is 9.59 Å². The quantitative estimate of drug-likeness (QED) is 0.818. The number of carbonyl (C=O) groups is 2. The van der Waals surface area contributed by atoms with Gasteiger partial charge < -0.3 is 10.6 Å². The molecular formula is C13H17N3O2. The molecule has 0 bridgehead atoms. The van der Waals surface area contributed by atoms with E-state index in [2.05, 4.69) is 15.6 Å². The number of hydrogen-bond acceptors (Lipinski definition) is 3. The molecule has 0 aromatic carbocycles. The summed E-state index contributed by atoms with van der Waals surface area (Å²) in [5.74, 6) is -0.105.